The van der Waals surface area contributed by atoms with Gasteiger partial charge in [-0.05, 0) is 0 Å². The summed E-state index contributed by atoms with van der Waals surface area (Å²) in [5.41, 5.74) is 12.4. The highest BCUT2D eigenvalue weighted by atomic mass is 32.4. The number of nitrogens with two attached hydrogens (primary N) is 6. The molecule has 0 bridgehead atoms. The van der Waals surface area contributed by atoms with Crippen LogP contribution in [0.4, 0.5) is 0 Å². The summed E-state index contributed by atoms with van der Waals surface area (Å²) in [5, 5.41) is 7.63. The highest BCUT2D eigenvalue weighted by molar-refractivity contribution is 8.14. The summed E-state index contributed by atoms with van der Waals surface area (Å²) >= 11 is 10.7. The number of hydrazine groups is 4. The quantitative estimate of drug-likeness (QED) is 0.0991. The summed E-state index contributed by atoms with van der Waals surface area (Å²) < 4.78 is 0. The van der Waals surface area contributed by atoms with Gasteiger partial charge in [0.15, 0.2) is 0 Å². The molecule has 1 aliphatic carbocycles. The summed E-state index contributed by atoms with van der Waals surface area (Å²) in [6.45, 7) is 0. The average molecular weight is 358 g/mol. The van der Waals surface area contributed by atoms with Crippen molar-refractivity contribution in [3.8, 4) is 0 Å². The van der Waals surface area contributed by atoms with Gasteiger partial charge in [-0.2, -0.15) is 0 Å². The summed E-state index contributed by atoms with van der Waals surface area (Å²) in [7, 11) is 0. The fraction of sp³-hybridized carbons (Fsp3) is 0.333. The molecule has 0 saturated heterocycles. The Balaban J connectivity index is 3.22. The molecule has 10 nitrogen and oxygen atoms in total. The third-order valence-corrected chi connectivity index (χ3v) is 10.4. The van der Waals surface area contributed by atoms with Crippen LogP contribution in [0, 0.1) is 0 Å². The Labute approximate surface area is 127 Å². The van der Waals surface area contributed by atoms with Crippen LogP contribution in [-0.4, -0.2) is 10.6 Å². The fourth-order valence-corrected chi connectivity index (χ4v) is 4.50. The lowest BCUT2D eigenvalue weighted by molar-refractivity contribution is 0.775. The second-order valence-corrected chi connectivity index (χ2v) is 12.5. The molecule has 0 atom stereocenters. The van der Waals surface area contributed by atoms with Gasteiger partial charge in [-0.25, -0.2) is 20.8 Å². The summed E-state index contributed by atoms with van der Waals surface area (Å²) in [6.07, 6.45) is 0.983. The van der Waals surface area contributed by atoms with Crippen molar-refractivity contribution >= 4 is 36.3 Å². The molecule has 1 aliphatic rings. The first-order chi connectivity index (χ1) is 9.16. The molecule has 0 unspecified atom stereocenters. The van der Waals surface area contributed by atoms with Gasteiger partial charge in [0.05, 0.1) is 0 Å². The third kappa shape index (κ3) is 2.82. The molecule has 0 saturated carbocycles. The van der Waals surface area contributed by atoms with E-state index in [9.17, 15) is 0 Å². The van der Waals surface area contributed by atoms with Crippen molar-refractivity contribution < 1.29 is 0 Å². The van der Waals surface area contributed by atoms with E-state index in [0.717, 1.165) is 0 Å². The number of nitrogens with one attached hydrogen (secondary N) is 4. The standard InChI is InChI=1S/C6H20N10P2S2/c7-5(17(19,13-9)14-10)1-2-6(8,4-3-5)18(20,15-11)16-12/h1-4H,7-12H2,(H2,13,14,19)(H2,15,16,20). The van der Waals surface area contributed by atoms with Crippen molar-refractivity contribution in [1.82, 2.24) is 20.8 Å². The van der Waals surface area contributed by atoms with Gasteiger partial charge in [0.2, 0.25) is 0 Å². The lowest BCUT2D eigenvalue weighted by Gasteiger charge is -2.42. The number of rotatable bonds is 6. The van der Waals surface area contributed by atoms with Gasteiger partial charge < -0.3 is 11.5 Å². The van der Waals surface area contributed by atoms with Crippen LogP contribution in [0.5, 0.6) is 0 Å². The van der Waals surface area contributed by atoms with E-state index >= 15 is 0 Å². The van der Waals surface area contributed by atoms with Crippen LogP contribution < -0.4 is 55.6 Å². The molecule has 14 heteroatoms. The van der Waals surface area contributed by atoms with Crippen molar-refractivity contribution in [2.75, 3.05) is 0 Å². The van der Waals surface area contributed by atoms with Crippen LogP contribution in [0.15, 0.2) is 24.3 Å². The molecule has 0 aromatic rings. The predicted octanol–water partition coefficient (Wildman–Crippen LogP) is -3.11. The van der Waals surface area contributed by atoms with Crippen LogP contribution >= 0.6 is 12.7 Å². The van der Waals surface area contributed by atoms with E-state index in [-0.39, 0.29) is 0 Å². The summed E-state index contributed by atoms with van der Waals surface area (Å²) in [5.74, 6) is 21.7. The Kier molecular flexibility index (Phi) is 5.75. The van der Waals surface area contributed by atoms with Crippen molar-refractivity contribution in [2.24, 2.45) is 34.8 Å². The zero-order valence-corrected chi connectivity index (χ0v) is 13.9. The van der Waals surface area contributed by atoms with Crippen LogP contribution in [-0.2, 0) is 23.6 Å². The largest absolute Gasteiger partial charge is 0.312 e. The number of hydrogen-bond acceptors (Lipinski definition) is 8. The summed E-state index contributed by atoms with van der Waals surface area (Å²) in [6, 6.07) is 0. The second kappa shape index (κ2) is 6.24. The zero-order chi connectivity index (χ0) is 15.7. The molecular formula is C6H20N10P2S2. The van der Waals surface area contributed by atoms with E-state index in [2.05, 4.69) is 20.8 Å². The van der Waals surface area contributed by atoms with Gasteiger partial charge in [-0.1, -0.05) is 47.9 Å². The van der Waals surface area contributed by atoms with Crippen molar-refractivity contribution in [3.63, 3.8) is 0 Å². The minimum atomic E-state index is -2.68. The SMILES string of the molecule is NNP(=S)(NN)C1(N)C=CC(N)(P(=S)(NN)NN)C=C1. The van der Waals surface area contributed by atoms with E-state index in [1.54, 1.807) is 24.3 Å². The fourth-order valence-electron chi connectivity index (χ4n) is 1.59. The minimum absolute atomic E-state index is 1.10. The molecule has 0 radical (unpaired) electrons. The first-order valence-electron chi connectivity index (χ1n) is 5.26. The molecule has 0 spiro atoms. The maximum Gasteiger partial charge on any atom is 0.125 e. The van der Waals surface area contributed by atoms with Crippen LogP contribution in [0.25, 0.3) is 0 Å². The Bertz CT molecular complexity index is 444. The van der Waals surface area contributed by atoms with E-state index in [1.807, 2.05) is 0 Å². The molecule has 20 heavy (non-hydrogen) atoms. The first kappa shape index (κ1) is 18.4. The topological polar surface area (TPSA) is 204 Å². The first-order valence-corrected chi connectivity index (χ1v) is 10.9. The molecule has 16 N–H and O–H groups in total. The monoisotopic (exact) mass is 358 g/mol. The zero-order valence-electron chi connectivity index (χ0n) is 10.5. The van der Waals surface area contributed by atoms with Gasteiger partial charge in [0.25, 0.3) is 0 Å². The van der Waals surface area contributed by atoms with Crippen molar-refractivity contribution in [3.05, 3.63) is 24.3 Å². The van der Waals surface area contributed by atoms with Gasteiger partial charge >= 0.3 is 0 Å². The van der Waals surface area contributed by atoms with E-state index in [4.69, 9.17) is 58.5 Å². The predicted molar refractivity (Wildman–Crippen MR) is 90.0 cm³/mol. The Morgan fingerprint density at radius 3 is 1.00 bits per heavy atom. The maximum absolute atomic E-state index is 6.21. The van der Waals surface area contributed by atoms with Crippen LogP contribution in [0.2, 0.25) is 0 Å². The van der Waals surface area contributed by atoms with Gasteiger partial charge in [-0.15, -0.1) is 0 Å². The molecule has 116 valence electrons. The molecule has 0 aromatic heterocycles. The Morgan fingerprint density at radius 1 is 0.650 bits per heavy atom. The molecule has 0 fully saturated rings. The molecule has 1 rings (SSSR count). The van der Waals surface area contributed by atoms with Crippen LogP contribution in [0.3, 0.4) is 0 Å². The van der Waals surface area contributed by atoms with E-state index in [0.29, 0.717) is 0 Å². The van der Waals surface area contributed by atoms with Crippen molar-refractivity contribution in [1.29, 1.82) is 0 Å². The third-order valence-electron chi connectivity index (χ3n) is 3.05. The average Bonchev–Trinajstić information content (AvgIpc) is 2.48. The van der Waals surface area contributed by atoms with Crippen LogP contribution in [0.1, 0.15) is 0 Å². The smallest absolute Gasteiger partial charge is 0.125 e. The molecular weight excluding hydrogens is 338 g/mol. The lowest BCUT2D eigenvalue weighted by atomic mass is 10.1. The van der Waals surface area contributed by atoms with E-state index in [1.165, 1.54) is 0 Å². The van der Waals surface area contributed by atoms with Gasteiger partial charge in [0, 0.05) is 0 Å². The molecule has 0 heterocycles. The van der Waals surface area contributed by atoms with Gasteiger partial charge in [-0.3, -0.25) is 23.4 Å². The molecule has 0 aliphatic heterocycles. The Morgan fingerprint density at radius 2 is 0.850 bits per heavy atom. The molecule has 0 amide bonds. The van der Waals surface area contributed by atoms with Crippen molar-refractivity contribution in [2.45, 2.75) is 10.6 Å². The highest BCUT2D eigenvalue weighted by Gasteiger charge is 2.44. The Hall–Kier alpha value is 0.380. The van der Waals surface area contributed by atoms with Gasteiger partial charge in [0.1, 0.15) is 23.2 Å². The van der Waals surface area contributed by atoms with E-state index < -0.39 is 23.2 Å². The lowest BCUT2D eigenvalue weighted by Crippen LogP contribution is -2.54. The number of hydrogen-bond donors (Lipinski definition) is 10. The second-order valence-electron chi connectivity index (χ2n) is 4.18. The maximum atomic E-state index is 6.21. The molecule has 0 aromatic carbocycles. The normalized spacial score (nSPS) is 30.7. The highest BCUT2D eigenvalue weighted by Crippen LogP contribution is 2.54. The minimum Gasteiger partial charge on any atom is -0.312 e. The summed E-state index contributed by atoms with van der Waals surface area (Å²) in [4.78, 5) is 0.